The Kier molecular flexibility index (Phi) is 4.66. The normalized spacial score (nSPS) is 13.3. The first-order valence-corrected chi connectivity index (χ1v) is 15.8. The van der Waals surface area contributed by atoms with Crippen molar-refractivity contribution in [3.63, 3.8) is 0 Å². The third-order valence-electron chi connectivity index (χ3n) is 9.55. The van der Waals surface area contributed by atoms with Crippen LogP contribution in [0.3, 0.4) is 0 Å². The number of para-hydroxylation sites is 1. The minimum Gasteiger partial charge on any atom is -0.455 e. The maximum Gasteiger partial charge on any atom is 0.143 e. The van der Waals surface area contributed by atoms with Gasteiger partial charge in [-0.25, -0.2) is 0 Å². The Morgan fingerprint density at radius 2 is 0.957 bits per heavy atom. The number of hydrogen-bond donors (Lipinski definition) is 0. The highest BCUT2D eigenvalue weighted by Gasteiger charge is 2.20. The Hall–Kier alpha value is -6.18. The van der Waals surface area contributed by atoms with Crippen molar-refractivity contribution < 1.29 is 11.3 Å². The standard InChI is InChI=1S/C46H28O/c1-3-11-29(12-4-1)33-15-7-8-16-35(33)36-25-21-31-24-28-40-37(26-22-32-23-27-39(36)43(31)44(32)40)38-18-10-20-42-45(38)41-19-9-17-34(46(41)47-42)30-13-5-2-6-14-30/h1-28H/i2D,5D,6D,13D,14D. The van der Waals surface area contributed by atoms with Gasteiger partial charge in [-0.1, -0.05) is 164 Å². The predicted molar refractivity (Wildman–Crippen MR) is 199 cm³/mol. The Bertz CT molecular complexity index is 3040. The lowest BCUT2D eigenvalue weighted by molar-refractivity contribution is 0.670. The van der Waals surface area contributed by atoms with Crippen LogP contribution in [0.5, 0.6) is 0 Å². The molecule has 9 aromatic carbocycles. The summed E-state index contributed by atoms with van der Waals surface area (Å²) < 4.78 is 48.5. The molecule has 0 N–H and O–H groups in total. The Balaban J connectivity index is 1.23. The quantitative estimate of drug-likeness (QED) is 0.183. The minimum atomic E-state index is -0.417. The molecule has 0 bridgehead atoms. The molecule has 47 heavy (non-hydrogen) atoms. The van der Waals surface area contributed by atoms with Crippen LogP contribution in [-0.4, -0.2) is 0 Å². The van der Waals surface area contributed by atoms with Gasteiger partial charge in [0.25, 0.3) is 0 Å². The molecular formula is C46H28O. The molecule has 1 nitrogen and oxygen atoms in total. The number of furan rings is 1. The van der Waals surface area contributed by atoms with Crippen LogP contribution in [0, 0.1) is 0 Å². The zero-order valence-corrected chi connectivity index (χ0v) is 25.2. The van der Waals surface area contributed by atoms with Crippen molar-refractivity contribution in [2.45, 2.75) is 0 Å². The van der Waals surface area contributed by atoms with Crippen LogP contribution in [0.4, 0.5) is 0 Å². The van der Waals surface area contributed by atoms with Crippen LogP contribution >= 0.6 is 0 Å². The van der Waals surface area contributed by atoms with E-state index in [0.29, 0.717) is 16.7 Å². The van der Waals surface area contributed by atoms with E-state index in [1.54, 1.807) is 6.07 Å². The van der Waals surface area contributed by atoms with Gasteiger partial charge in [0.1, 0.15) is 11.2 Å². The van der Waals surface area contributed by atoms with E-state index in [2.05, 4.69) is 103 Å². The summed E-state index contributed by atoms with van der Waals surface area (Å²) >= 11 is 0. The predicted octanol–water partition coefficient (Wildman–Crippen LogP) is 13.2. The fraction of sp³-hybridized carbons (Fsp3) is 0. The minimum absolute atomic E-state index is 0.129. The van der Waals surface area contributed by atoms with Gasteiger partial charge in [0.05, 0.1) is 6.85 Å². The van der Waals surface area contributed by atoms with Crippen LogP contribution in [0.1, 0.15) is 6.85 Å². The van der Waals surface area contributed by atoms with E-state index in [0.717, 1.165) is 32.7 Å². The first-order valence-electron chi connectivity index (χ1n) is 18.3. The molecule has 0 aliphatic heterocycles. The van der Waals surface area contributed by atoms with Crippen molar-refractivity contribution >= 4 is 54.3 Å². The first kappa shape index (κ1) is 21.5. The van der Waals surface area contributed by atoms with Crippen LogP contribution < -0.4 is 0 Å². The SMILES string of the molecule is [2H]c1c([2H])c([2H])c(-c2cccc3c2oc2cccc(-c4ccc5ccc6c(-c7ccccc7-c7ccccc7)ccc7ccc4c5c76)c23)c([2H])c1[2H]. The molecule has 0 unspecified atom stereocenters. The van der Waals surface area contributed by atoms with Crippen molar-refractivity contribution in [1.29, 1.82) is 0 Å². The van der Waals surface area contributed by atoms with Gasteiger partial charge in [-0.15, -0.1) is 0 Å². The number of fused-ring (bicyclic) bond motifs is 3. The molecule has 1 heterocycles. The molecule has 1 heteroatoms. The van der Waals surface area contributed by atoms with Gasteiger partial charge in [0, 0.05) is 16.3 Å². The second-order valence-electron chi connectivity index (χ2n) is 12.0. The van der Waals surface area contributed by atoms with Crippen molar-refractivity contribution in [2.75, 3.05) is 0 Å². The van der Waals surface area contributed by atoms with E-state index < -0.39 is 6.04 Å². The summed E-state index contributed by atoms with van der Waals surface area (Å²) in [6.45, 7) is 0. The van der Waals surface area contributed by atoms with Gasteiger partial charge in [-0.2, -0.15) is 0 Å². The highest BCUT2D eigenvalue weighted by molar-refractivity contribution is 6.29. The van der Waals surface area contributed by atoms with Gasteiger partial charge >= 0.3 is 0 Å². The largest absolute Gasteiger partial charge is 0.455 e. The maximum absolute atomic E-state index is 8.66. The molecule has 218 valence electrons. The molecule has 0 saturated heterocycles. The fourth-order valence-electron chi connectivity index (χ4n) is 7.51. The number of rotatable bonds is 4. The van der Waals surface area contributed by atoms with Crippen molar-refractivity contribution in [1.82, 2.24) is 0 Å². The Labute approximate surface area is 279 Å². The number of hydrogen-bond acceptors (Lipinski definition) is 1. The summed E-state index contributed by atoms with van der Waals surface area (Å²) in [6, 6.07) is 46.9. The monoisotopic (exact) mass is 601 g/mol. The van der Waals surface area contributed by atoms with Crippen molar-refractivity contribution in [2.24, 2.45) is 0 Å². The molecule has 0 aliphatic carbocycles. The lowest BCUT2D eigenvalue weighted by atomic mass is 9.85. The van der Waals surface area contributed by atoms with Gasteiger partial charge in [0.15, 0.2) is 0 Å². The molecular weight excluding hydrogens is 569 g/mol. The summed E-state index contributed by atoms with van der Waals surface area (Å²) in [7, 11) is 0. The Morgan fingerprint density at radius 1 is 0.362 bits per heavy atom. The third-order valence-corrected chi connectivity index (χ3v) is 9.55. The number of benzene rings is 9. The highest BCUT2D eigenvalue weighted by Crippen LogP contribution is 2.46. The molecule has 10 aromatic rings. The second-order valence-corrected chi connectivity index (χ2v) is 12.0. The molecule has 0 amide bonds. The Morgan fingerprint density at radius 3 is 1.70 bits per heavy atom. The summed E-state index contributed by atoms with van der Waals surface area (Å²) in [6.07, 6.45) is 0. The smallest absolute Gasteiger partial charge is 0.143 e. The van der Waals surface area contributed by atoms with E-state index in [4.69, 9.17) is 11.3 Å². The molecule has 0 radical (unpaired) electrons. The van der Waals surface area contributed by atoms with Crippen LogP contribution in [0.15, 0.2) is 174 Å². The van der Waals surface area contributed by atoms with Crippen LogP contribution in [0.2, 0.25) is 0 Å². The van der Waals surface area contributed by atoms with E-state index >= 15 is 0 Å². The van der Waals surface area contributed by atoms with Crippen molar-refractivity contribution in [3.8, 4) is 44.5 Å². The fourth-order valence-corrected chi connectivity index (χ4v) is 7.51. The summed E-state index contributed by atoms with van der Waals surface area (Å²) in [5, 5.41) is 8.85. The van der Waals surface area contributed by atoms with Crippen molar-refractivity contribution in [3.05, 3.63) is 170 Å². The average Bonchev–Trinajstić information content (AvgIpc) is 3.58. The second kappa shape index (κ2) is 10.2. The van der Waals surface area contributed by atoms with Crippen LogP contribution in [0.25, 0.3) is 98.8 Å². The average molecular weight is 602 g/mol. The molecule has 0 spiro atoms. The van der Waals surface area contributed by atoms with Gasteiger partial charge in [-0.05, 0) is 77.3 Å². The van der Waals surface area contributed by atoms with E-state index in [1.165, 1.54) is 43.8 Å². The van der Waals surface area contributed by atoms with E-state index in [9.17, 15) is 0 Å². The maximum atomic E-state index is 8.66. The summed E-state index contributed by atoms with van der Waals surface area (Å²) in [5.41, 5.74) is 8.58. The molecule has 0 fully saturated rings. The molecule has 0 atom stereocenters. The van der Waals surface area contributed by atoms with Gasteiger partial charge < -0.3 is 4.42 Å². The third kappa shape index (κ3) is 3.90. The topological polar surface area (TPSA) is 13.1 Å². The molecule has 0 aliphatic rings. The zero-order chi connectivity index (χ0) is 35.2. The van der Waals surface area contributed by atoms with Crippen LogP contribution in [-0.2, 0) is 0 Å². The lowest BCUT2D eigenvalue weighted by Crippen LogP contribution is -1.91. The molecule has 10 rings (SSSR count). The zero-order valence-electron chi connectivity index (χ0n) is 30.2. The first-order chi connectivity index (χ1) is 25.4. The van der Waals surface area contributed by atoms with E-state index in [-0.39, 0.29) is 29.7 Å². The highest BCUT2D eigenvalue weighted by atomic mass is 16.3. The van der Waals surface area contributed by atoms with Gasteiger partial charge in [-0.3, -0.25) is 0 Å². The molecule has 1 aromatic heterocycles. The summed E-state index contributed by atoms with van der Waals surface area (Å²) in [5.74, 6) is 0. The van der Waals surface area contributed by atoms with Gasteiger partial charge in [0.2, 0.25) is 0 Å². The lowest BCUT2D eigenvalue weighted by Gasteiger charge is -2.18. The summed E-state index contributed by atoms with van der Waals surface area (Å²) in [4.78, 5) is 0. The molecule has 0 saturated carbocycles. The van der Waals surface area contributed by atoms with E-state index in [1.807, 2.05) is 30.3 Å².